The molecule has 0 saturated carbocycles. The summed E-state index contributed by atoms with van der Waals surface area (Å²) in [6, 6.07) is 15.1. The quantitative estimate of drug-likeness (QED) is 0.328. The second-order valence-corrected chi connectivity index (χ2v) is 6.98. The van der Waals surface area contributed by atoms with Crippen molar-refractivity contribution < 1.29 is 28.5 Å². The van der Waals surface area contributed by atoms with Gasteiger partial charge in [-0.1, -0.05) is 30.3 Å². The summed E-state index contributed by atoms with van der Waals surface area (Å²) in [5.41, 5.74) is 1.88. The van der Waals surface area contributed by atoms with Crippen LogP contribution < -0.4 is 9.47 Å². The molecule has 7 heteroatoms. The van der Waals surface area contributed by atoms with Crippen LogP contribution in [0.15, 0.2) is 54.8 Å². The Morgan fingerprint density at radius 1 is 1.03 bits per heavy atom. The lowest BCUT2D eigenvalue weighted by molar-refractivity contribution is -0.133. The molecule has 1 aliphatic rings. The smallest absolute Gasteiger partial charge is 0.341 e. The first-order chi connectivity index (χ1) is 15.2. The maximum absolute atomic E-state index is 12.1. The van der Waals surface area contributed by atoms with Crippen molar-refractivity contribution in [3.05, 3.63) is 65.9 Å². The molecule has 2 aromatic carbocycles. The van der Waals surface area contributed by atoms with Gasteiger partial charge in [-0.2, -0.15) is 0 Å². The van der Waals surface area contributed by atoms with E-state index in [0.29, 0.717) is 23.5 Å². The lowest BCUT2D eigenvalue weighted by atomic mass is 10.0. The van der Waals surface area contributed by atoms with Crippen LogP contribution in [0.3, 0.4) is 0 Å². The van der Waals surface area contributed by atoms with Gasteiger partial charge in [0.1, 0.15) is 30.3 Å². The van der Waals surface area contributed by atoms with E-state index in [1.807, 2.05) is 48.5 Å². The summed E-state index contributed by atoms with van der Waals surface area (Å²) < 4.78 is 27.2. The first kappa shape index (κ1) is 22.7. The van der Waals surface area contributed by atoms with Crippen molar-refractivity contribution in [2.24, 2.45) is 0 Å². The number of carbonyl (C=O) groups is 1. The largest absolute Gasteiger partial charge is 0.503 e. The maximum Gasteiger partial charge on any atom is 0.341 e. The maximum atomic E-state index is 12.1. The summed E-state index contributed by atoms with van der Waals surface area (Å²) in [5, 5.41) is 0. The van der Waals surface area contributed by atoms with E-state index < -0.39 is 5.97 Å². The molecular formula is C24H29NO6. The zero-order valence-electron chi connectivity index (χ0n) is 18.0. The highest BCUT2D eigenvalue weighted by Gasteiger charge is 2.17. The predicted octanol–water partition coefficient (Wildman–Crippen LogP) is 3.14. The fourth-order valence-electron chi connectivity index (χ4n) is 3.29. The number of rotatable bonds is 10. The van der Waals surface area contributed by atoms with E-state index in [4.69, 9.17) is 23.7 Å². The summed E-state index contributed by atoms with van der Waals surface area (Å²) in [6.07, 6.45) is 1.38. The van der Waals surface area contributed by atoms with Gasteiger partial charge in [-0.3, -0.25) is 4.90 Å². The minimum absolute atomic E-state index is 0.283. The summed E-state index contributed by atoms with van der Waals surface area (Å²) >= 11 is 0. The minimum atomic E-state index is -0.468. The van der Waals surface area contributed by atoms with E-state index in [0.717, 1.165) is 44.2 Å². The molecule has 7 nitrogen and oxygen atoms in total. The molecule has 0 N–H and O–H groups in total. The Morgan fingerprint density at radius 2 is 1.77 bits per heavy atom. The Bertz CT molecular complexity index is 876. The van der Waals surface area contributed by atoms with Crippen molar-refractivity contribution in [2.75, 3.05) is 53.7 Å². The third-order valence-corrected chi connectivity index (χ3v) is 4.93. The van der Waals surface area contributed by atoms with Crippen molar-refractivity contribution in [3.63, 3.8) is 0 Å². The summed E-state index contributed by atoms with van der Waals surface area (Å²) in [4.78, 5) is 14.5. The number of esters is 1. The average molecular weight is 427 g/mol. The van der Waals surface area contributed by atoms with E-state index in [2.05, 4.69) is 4.90 Å². The van der Waals surface area contributed by atoms with Crippen LogP contribution in [0.2, 0.25) is 0 Å². The van der Waals surface area contributed by atoms with Gasteiger partial charge in [-0.05, 0) is 23.3 Å². The molecule has 0 spiro atoms. The number of methoxy groups -OCH3 is 2. The summed E-state index contributed by atoms with van der Waals surface area (Å²) in [5.74, 6) is 0.979. The third-order valence-electron chi connectivity index (χ3n) is 4.93. The fourth-order valence-corrected chi connectivity index (χ4v) is 3.29. The van der Waals surface area contributed by atoms with Crippen LogP contribution in [0.1, 0.15) is 11.1 Å². The minimum Gasteiger partial charge on any atom is -0.503 e. The molecule has 31 heavy (non-hydrogen) atoms. The van der Waals surface area contributed by atoms with Crippen molar-refractivity contribution >= 4 is 11.5 Å². The highest BCUT2D eigenvalue weighted by molar-refractivity contribution is 6.16. The second kappa shape index (κ2) is 12.0. The van der Waals surface area contributed by atoms with E-state index in [1.54, 1.807) is 0 Å². The molecule has 0 amide bonds. The normalized spacial score (nSPS) is 14.7. The van der Waals surface area contributed by atoms with Gasteiger partial charge in [0.05, 0.1) is 33.7 Å². The number of nitrogens with zero attached hydrogens (tertiary/aromatic N) is 1. The zero-order chi connectivity index (χ0) is 21.9. The van der Waals surface area contributed by atoms with E-state index in [1.165, 1.54) is 20.5 Å². The first-order valence-electron chi connectivity index (χ1n) is 10.3. The van der Waals surface area contributed by atoms with Gasteiger partial charge in [0, 0.05) is 25.7 Å². The van der Waals surface area contributed by atoms with Crippen LogP contribution in [-0.2, 0) is 25.6 Å². The Hall–Kier alpha value is -3.03. The number of carbonyl (C=O) groups excluding carboxylic acids is 1. The average Bonchev–Trinajstić information content (AvgIpc) is 2.82. The Kier molecular flexibility index (Phi) is 8.75. The van der Waals surface area contributed by atoms with Crippen LogP contribution >= 0.6 is 0 Å². The molecule has 3 rings (SSSR count). The molecule has 0 aliphatic carbocycles. The predicted molar refractivity (Wildman–Crippen MR) is 117 cm³/mol. The molecule has 0 atom stereocenters. The Labute approximate surface area is 183 Å². The summed E-state index contributed by atoms with van der Waals surface area (Å²) in [7, 11) is 2.84. The van der Waals surface area contributed by atoms with Crippen molar-refractivity contribution in [1.82, 2.24) is 4.90 Å². The lowest BCUT2D eigenvalue weighted by Gasteiger charge is -2.26. The highest BCUT2D eigenvalue weighted by Crippen LogP contribution is 2.24. The van der Waals surface area contributed by atoms with Crippen molar-refractivity contribution in [1.29, 1.82) is 0 Å². The van der Waals surface area contributed by atoms with Crippen LogP contribution in [0.4, 0.5) is 0 Å². The fraction of sp³-hybridized carbons (Fsp3) is 0.375. The number of morpholine rings is 1. The van der Waals surface area contributed by atoms with E-state index in [-0.39, 0.29) is 6.61 Å². The van der Waals surface area contributed by atoms with Crippen LogP contribution in [0.5, 0.6) is 11.5 Å². The Morgan fingerprint density at radius 3 is 2.52 bits per heavy atom. The van der Waals surface area contributed by atoms with E-state index >= 15 is 0 Å². The summed E-state index contributed by atoms with van der Waals surface area (Å²) in [6.45, 7) is 5.20. The first-order valence-corrected chi connectivity index (χ1v) is 10.3. The van der Waals surface area contributed by atoms with Gasteiger partial charge >= 0.3 is 5.97 Å². The molecule has 0 aromatic heterocycles. The molecule has 166 valence electrons. The lowest BCUT2D eigenvalue weighted by Crippen LogP contribution is -2.38. The van der Waals surface area contributed by atoms with Crippen molar-refractivity contribution in [3.8, 4) is 11.5 Å². The van der Waals surface area contributed by atoms with Crippen molar-refractivity contribution in [2.45, 2.75) is 6.61 Å². The SMILES string of the molecule is COC=C(C(=O)OC)c1ccccc1COc1cccc(OCCN2CCOCC2)c1. The highest BCUT2D eigenvalue weighted by atomic mass is 16.5. The van der Waals surface area contributed by atoms with Gasteiger partial charge in [0.2, 0.25) is 0 Å². The molecule has 1 aliphatic heterocycles. The van der Waals surface area contributed by atoms with Crippen LogP contribution in [0.25, 0.3) is 5.57 Å². The number of hydrogen-bond acceptors (Lipinski definition) is 7. The molecule has 2 aromatic rings. The monoisotopic (exact) mass is 427 g/mol. The molecule has 0 unspecified atom stereocenters. The number of benzene rings is 2. The van der Waals surface area contributed by atoms with Gasteiger partial charge in [-0.25, -0.2) is 4.79 Å². The molecule has 0 bridgehead atoms. The van der Waals surface area contributed by atoms with Crippen LogP contribution in [0, 0.1) is 0 Å². The molecule has 0 radical (unpaired) electrons. The van der Waals surface area contributed by atoms with Gasteiger partial charge in [0.15, 0.2) is 0 Å². The van der Waals surface area contributed by atoms with Crippen LogP contribution in [-0.4, -0.2) is 64.5 Å². The molecule has 1 heterocycles. The Balaban J connectivity index is 1.61. The number of hydrogen-bond donors (Lipinski definition) is 0. The standard InChI is InChI=1S/C24H29NO6/c1-27-18-23(24(26)28-2)22-9-4-3-6-19(22)17-31-21-8-5-7-20(16-21)30-15-12-25-10-13-29-14-11-25/h3-9,16,18H,10-15,17H2,1-2H3. The molecular weight excluding hydrogens is 398 g/mol. The third kappa shape index (κ3) is 6.73. The number of ether oxygens (including phenoxy) is 5. The topological polar surface area (TPSA) is 66.5 Å². The van der Waals surface area contributed by atoms with E-state index in [9.17, 15) is 4.79 Å². The molecule has 1 fully saturated rings. The van der Waals surface area contributed by atoms with Gasteiger partial charge in [-0.15, -0.1) is 0 Å². The second-order valence-electron chi connectivity index (χ2n) is 6.98. The zero-order valence-corrected chi connectivity index (χ0v) is 18.0. The van der Waals surface area contributed by atoms with Gasteiger partial charge in [0.25, 0.3) is 0 Å². The van der Waals surface area contributed by atoms with Gasteiger partial charge < -0.3 is 23.7 Å². The molecule has 1 saturated heterocycles.